The third-order valence-electron chi connectivity index (χ3n) is 5.30. The smallest absolute Gasteiger partial charge is 0.0325 e. The first-order chi connectivity index (χ1) is 9.30. The molecule has 114 valence electrons. The molecule has 1 aromatic rings. The molecule has 4 heteroatoms. The van der Waals surface area contributed by atoms with Crippen molar-refractivity contribution in [3.8, 4) is 0 Å². The normalized spacial score (nSPS) is 29.9. The lowest BCUT2D eigenvalue weighted by Gasteiger charge is -2.48. The van der Waals surface area contributed by atoms with E-state index < -0.39 is 0 Å². The highest BCUT2D eigenvalue weighted by molar-refractivity contribution is 9.10. The van der Waals surface area contributed by atoms with E-state index in [1.54, 1.807) is 0 Å². The molecule has 2 rings (SSSR count). The number of hydrogen-bond donors (Lipinski definition) is 1. The SMILES string of the molecule is CC1C(N)CCC(CN(C)Cc2cc(Br)cs2)C1(C)C. The van der Waals surface area contributed by atoms with Crippen molar-refractivity contribution in [2.45, 2.75) is 46.2 Å². The Morgan fingerprint density at radius 3 is 2.75 bits per heavy atom. The van der Waals surface area contributed by atoms with Crippen molar-refractivity contribution in [2.24, 2.45) is 23.0 Å². The highest BCUT2D eigenvalue weighted by Crippen LogP contribution is 2.44. The van der Waals surface area contributed by atoms with E-state index in [9.17, 15) is 0 Å². The van der Waals surface area contributed by atoms with Gasteiger partial charge in [-0.2, -0.15) is 0 Å². The molecule has 1 saturated carbocycles. The van der Waals surface area contributed by atoms with Crippen LogP contribution < -0.4 is 5.73 Å². The van der Waals surface area contributed by atoms with E-state index in [0.29, 0.717) is 17.4 Å². The standard InChI is InChI=1S/C16H27BrN2S/c1-11-15(18)6-5-12(16(11,2)3)8-19(4)9-14-7-13(17)10-20-14/h7,10-12,15H,5-6,8-9,18H2,1-4H3. The summed E-state index contributed by atoms with van der Waals surface area (Å²) in [5.74, 6) is 1.34. The first kappa shape index (κ1) is 16.5. The molecule has 2 nitrogen and oxygen atoms in total. The van der Waals surface area contributed by atoms with Crippen LogP contribution in [0.25, 0.3) is 0 Å². The van der Waals surface area contributed by atoms with Gasteiger partial charge in [0.15, 0.2) is 0 Å². The molecule has 20 heavy (non-hydrogen) atoms. The summed E-state index contributed by atoms with van der Waals surface area (Å²) >= 11 is 5.36. The van der Waals surface area contributed by atoms with Crippen molar-refractivity contribution in [2.75, 3.05) is 13.6 Å². The van der Waals surface area contributed by atoms with Gasteiger partial charge >= 0.3 is 0 Å². The van der Waals surface area contributed by atoms with E-state index in [1.165, 1.54) is 28.7 Å². The first-order valence-electron chi connectivity index (χ1n) is 7.47. The Bertz CT molecular complexity index is 443. The Hall–Kier alpha value is 0.1000. The van der Waals surface area contributed by atoms with Crippen LogP contribution >= 0.6 is 27.3 Å². The molecule has 1 fully saturated rings. The van der Waals surface area contributed by atoms with Crippen molar-refractivity contribution in [3.63, 3.8) is 0 Å². The molecular formula is C16H27BrN2S. The summed E-state index contributed by atoms with van der Waals surface area (Å²) in [6.07, 6.45) is 2.44. The summed E-state index contributed by atoms with van der Waals surface area (Å²) in [5, 5.41) is 2.16. The zero-order chi connectivity index (χ0) is 14.9. The van der Waals surface area contributed by atoms with Crippen molar-refractivity contribution >= 4 is 27.3 Å². The number of rotatable bonds is 4. The lowest BCUT2D eigenvalue weighted by molar-refractivity contribution is 0.0326. The van der Waals surface area contributed by atoms with Gasteiger partial charge in [0.05, 0.1) is 0 Å². The summed E-state index contributed by atoms with van der Waals surface area (Å²) in [7, 11) is 2.24. The zero-order valence-corrected chi connectivity index (χ0v) is 15.4. The third kappa shape index (κ3) is 3.65. The maximum Gasteiger partial charge on any atom is 0.0325 e. The van der Waals surface area contributed by atoms with Crippen molar-refractivity contribution < 1.29 is 0 Å². The summed E-state index contributed by atoms with van der Waals surface area (Å²) in [4.78, 5) is 3.89. The molecule has 1 aliphatic carbocycles. The van der Waals surface area contributed by atoms with Crippen LogP contribution in [0.3, 0.4) is 0 Å². The summed E-state index contributed by atoms with van der Waals surface area (Å²) in [6, 6.07) is 2.60. The fourth-order valence-corrected chi connectivity index (χ4v) is 4.94. The Kier molecular flexibility index (Phi) is 5.33. The number of halogens is 1. The van der Waals surface area contributed by atoms with Gasteiger partial charge in [-0.15, -0.1) is 11.3 Å². The Labute approximate surface area is 135 Å². The minimum atomic E-state index is 0.335. The third-order valence-corrected chi connectivity index (χ3v) is 6.98. The van der Waals surface area contributed by atoms with Crippen LogP contribution in [-0.2, 0) is 6.54 Å². The molecule has 1 aliphatic rings. The van der Waals surface area contributed by atoms with Crippen LogP contribution in [0.2, 0.25) is 0 Å². The van der Waals surface area contributed by atoms with Gasteiger partial charge in [0, 0.05) is 33.9 Å². The minimum Gasteiger partial charge on any atom is -0.327 e. The molecule has 0 radical (unpaired) electrons. The number of thiophene rings is 1. The molecule has 1 aromatic heterocycles. The Balaban J connectivity index is 1.95. The van der Waals surface area contributed by atoms with E-state index in [4.69, 9.17) is 5.73 Å². The van der Waals surface area contributed by atoms with E-state index in [0.717, 1.165) is 12.5 Å². The number of nitrogens with two attached hydrogens (primary N) is 1. The van der Waals surface area contributed by atoms with Crippen LogP contribution in [0.15, 0.2) is 15.9 Å². The lowest BCUT2D eigenvalue weighted by atomic mass is 9.61. The number of nitrogens with zero attached hydrogens (tertiary/aromatic N) is 1. The van der Waals surface area contributed by atoms with Crippen LogP contribution in [-0.4, -0.2) is 24.5 Å². The highest BCUT2D eigenvalue weighted by atomic mass is 79.9. The Morgan fingerprint density at radius 2 is 2.15 bits per heavy atom. The van der Waals surface area contributed by atoms with Gasteiger partial charge in [-0.05, 0) is 59.1 Å². The van der Waals surface area contributed by atoms with Crippen molar-refractivity contribution in [1.82, 2.24) is 4.90 Å². The highest BCUT2D eigenvalue weighted by Gasteiger charge is 2.41. The molecule has 3 unspecified atom stereocenters. The molecule has 2 N–H and O–H groups in total. The van der Waals surface area contributed by atoms with Crippen molar-refractivity contribution in [3.05, 3.63) is 20.8 Å². The average molecular weight is 359 g/mol. The van der Waals surface area contributed by atoms with Gasteiger partial charge in [0.1, 0.15) is 0 Å². The van der Waals surface area contributed by atoms with Gasteiger partial charge in [0.2, 0.25) is 0 Å². The second-order valence-corrected chi connectivity index (χ2v) is 8.89. The summed E-state index contributed by atoms with van der Waals surface area (Å²) in [6.45, 7) is 9.34. The molecule has 1 heterocycles. The fourth-order valence-electron chi connectivity index (χ4n) is 3.41. The second-order valence-electron chi connectivity index (χ2n) is 6.98. The van der Waals surface area contributed by atoms with Crippen molar-refractivity contribution in [1.29, 1.82) is 0 Å². The predicted molar refractivity (Wildman–Crippen MR) is 92.0 cm³/mol. The van der Waals surface area contributed by atoms with Gasteiger partial charge in [-0.3, -0.25) is 0 Å². The van der Waals surface area contributed by atoms with E-state index in [-0.39, 0.29) is 0 Å². The van der Waals surface area contributed by atoms with Gasteiger partial charge in [0.25, 0.3) is 0 Å². The largest absolute Gasteiger partial charge is 0.327 e. The van der Waals surface area contributed by atoms with Crippen LogP contribution in [0, 0.1) is 17.3 Å². The summed E-state index contributed by atoms with van der Waals surface area (Å²) in [5.41, 5.74) is 6.59. The van der Waals surface area contributed by atoms with Crippen LogP contribution in [0.1, 0.15) is 38.5 Å². The number of hydrogen-bond acceptors (Lipinski definition) is 3. The molecule has 0 aliphatic heterocycles. The molecular weight excluding hydrogens is 332 g/mol. The van der Waals surface area contributed by atoms with Crippen LogP contribution in [0.5, 0.6) is 0 Å². The first-order valence-corrected chi connectivity index (χ1v) is 9.15. The molecule has 0 saturated heterocycles. The average Bonchev–Trinajstić information content (AvgIpc) is 2.76. The maximum absolute atomic E-state index is 6.26. The van der Waals surface area contributed by atoms with Gasteiger partial charge in [-0.25, -0.2) is 0 Å². The predicted octanol–water partition coefficient (Wildman–Crippen LogP) is 4.34. The van der Waals surface area contributed by atoms with E-state index >= 15 is 0 Å². The molecule has 0 aromatic carbocycles. The molecule has 0 bridgehead atoms. The quantitative estimate of drug-likeness (QED) is 0.866. The molecule has 0 spiro atoms. The summed E-state index contributed by atoms with van der Waals surface area (Å²) < 4.78 is 1.20. The maximum atomic E-state index is 6.26. The van der Waals surface area contributed by atoms with Gasteiger partial charge < -0.3 is 10.6 Å². The fraction of sp³-hybridized carbons (Fsp3) is 0.750. The molecule has 0 amide bonds. The van der Waals surface area contributed by atoms with Gasteiger partial charge in [-0.1, -0.05) is 20.8 Å². The monoisotopic (exact) mass is 358 g/mol. The van der Waals surface area contributed by atoms with E-state index in [1.807, 2.05) is 11.3 Å². The molecule has 3 atom stereocenters. The van der Waals surface area contributed by atoms with Crippen LogP contribution in [0.4, 0.5) is 0 Å². The second kappa shape index (κ2) is 6.47. The Morgan fingerprint density at radius 1 is 1.45 bits per heavy atom. The van der Waals surface area contributed by atoms with E-state index in [2.05, 4.69) is 60.1 Å². The lowest BCUT2D eigenvalue weighted by Crippen LogP contribution is -2.49. The minimum absolute atomic E-state index is 0.335. The zero-order valence-electron chi connectivity index (χ0n) is 13.0. The topological polar surface area (TPSA) is 29.3 Å².